The number of pyridine rings is 1. The molecule has 0 unspecified atom stereocenters. The van der Waals surface area contributed by atoms with Gasteiger partial charge in [-0.3, -0.25) is 0 Å². The molecule has 1 aromatic heterocycles. The summed E-state index contributed by atoms with van der Waals surface area (Å²) in [4.78, 5) is 4.29. The predicted molar refractivity (Wildman–Crippen MR) is 66.5 cm³/mol. The van der Waals surface area contributed by atoms with Gasteiger partial charge in [-0.15, -0.1) is 0 Å². The van der Waals surface area contributed by atoms with Crippen molar-refractivity contribution in [2.75, 3.05) is 20.8 Å². The lowest BCUT2D eigenvalue weighted by atomic mass is 9.62. The molecule has 2 N–H and O–H groups in total. The standard InChI is InChI=1S/C13H20N2O2/c1-16-10-4-9-15-12(17-2)11(10)13(7-8-14)5-3-6-13/h4,9H,3,5-8,14H2,1-2H3. The minimum atomic E-state index is 0.111. The molecule has 0 atom stereocenters. The van der Waals surface area contributed by atoms with Gasteiger partial charge in [0.25, 0.3) is 0 Å². The maximum atomic E-state index is 5.74. The minimum Gasteiger partial charge on any atom is -0.496 e. The Bertz CT molecular complexity index is 367. The van der Waals surface area contributed by atoms with Crippen LogP contribution in [0.25, 0.3) is 0 Å². The molecule has 0 saturated heterocycles. The Labute approximate surface area is 102 Å². The Morgan fingerprint density at radius 1 is 1.35 bits per heavy atom. The van der Waals surface area contributed by atoms with Crippen molar-refractivity contribution in [2.24, 2.45) is 5.73 Å². The average Bonchev–Trinajstić information content (AvgIpc) is 2.33. The van der Waals surface area contributed by atoms with Crippen LogP contribution in [-0.4, -0.2) is 25.7 Å². The van der Waals surface area contributed by atoms with Gasteiger partial charge in [-0.05, 0) is 31.9 Å². The molecule has 94 valence electrons. The molecule has 1 saturated carbocycles. The molecule has 4 nitrogen and oxygen atoms in total. The quantitative estimate of drug-likeness (QED) is 0.848. The predicted octanol–water partition coefficient (Wildman–Crippen LogP) is 1.87. The fraction of sp³-hybridized carbons (Fsp3) is 0.615. The Morgan fingerprint density at radius 3 is 2.59 bits per heavy atom. The second-order valence-electron chi connectivity index (χ2n) is 4.57. The van der Waals surface area contributed by atoms with E-state index >= 15 is 0 Å². The zero-order chi connectivity index (χ0) is 12.3. The number of methoxy groups -OCH3 is 2. The van der Waals surface area contributed by atoms with Crippen LogP contribution in [0.2, 0.25) is 0 Å². The lowest BCUT2D eigenvalue weighted by Crippen LogP contribution is -2.37. The summed E-state index contributed by atoms with van der Waals surface area (Å²) in [6.45, 7) is 0.682. The monoisotopic (exact) mass is 236 g/mol. The molecule has 1 fully saturated rings. The molecule has 0 aliphatic heterocycles. The molecule has 0 spiro atoms. The molecule has 0 aromatic carbocycles. The molecular formula is C13H20N2O2. The molecule has 1 aliphatic rings. The van der Waals surface area contributed by atoms with Crippen LogP contribution in [-0.2, 0) is 5.41 Å². The van der Waals surface area contributed by atoms with Crippen LogP contribution < -0.4 is 15.2 Å². The van der Waals surface area contributed by atoms with E-state index in [9.17, 15) is 0 Å². The summed E-state index contributed by atoms with van der Waals surface area (Å²) in [6.07, 6.45) is 6.20. The number of nitrogens with two attached hydrogens (primary N) is 1. The van der Waals surface area contributed by atoms with Crippen LogP contribution in [0.5, 0.6) is 11.6 Å². The van der Waals surface area contributed by atoms with Crippen LogP contribution in [0.4, 0.5) is 0 Å². The highest BCUT2D eigenvalue weighted by molar-refractivity contribution is 5.47. The van der Waals surface area contributed by atoms with Gasteiger partial charge in [0.1, 0.15) is 5.75 Å². The van der Waals surface area contributed by atoms with Gasteiger partial charge in [0.15, 0.2) is 0 Å². The van der Waals surface area contributed by atoms with Crippen molar-refractivity contribution in [2.45, 2.75) is 31.1 Å². The van der Waals surface area contributed by atoms with Crippen molar-refractivity contribution in [3.8, 4) is 11.6 Å². The first-order valence-corrected chi connectivity index (χ1v) is 6.05. The molecular weight excluding hydrogens is 216 g/mol. The van der Waals surface area contributed by atoms with Gasteiger partial charge in [0.05, 0.1) is 19.8 Å². The summed E-state index contributed by atoms with van der Waals surface area (Å²) in [7, 11) is 3.34. The Morgan fingerprint density at radius 2 is 2.12 bits per heavy atom. The second kappa shape index (κ2) is 4.92. The lowest BCUT2D eigenvalue weighted by Gasteiger charge is -2.43. The highest BCUT2D eigenvalue weighted by Gasteiger charge is 2.42. The van der Waals surface area contributed by atoms with Crippen LogP contribution in [0, 0.1) is 0 Å². The van der Waals surface area contributed by atoms with Crippen molar-refractivity contribution in [1.29, 1.82) is 0 Å². The number of rotatable bonds is 5. The summed E-state index contributed by atoms with van der Waals surface area (Å²) in [6, 6.07) is 1.90. The van der Waals surface area contributed by atoms with Crippen molar-refractivity contribution < 1.29 is 9.47 Å². The SMILES string of the molecule is COc1ccnc(OC)c1C1(CCN)CCC1. The Hall–Kier alpha value is -1.29. The molecule has 17 heavy (non-hydrogen) atoms. The van der Waals surface area contributed by atoms with Crippen molar-refractivity contribution in [3.63, 3.8) is 0 Å². The van der Waals surface area contributed by atoms with Crippen molar-refractivity contribution in [1.82, 2.24) is 4.98 Å². The largest absolute Gasteiger partial charge is 0.496 e. The molecule has 2 rings (SSSR count). The number of ether oxygens (including phenoxy) is 2. The van der Waals surface area contributed by atoms with Gasteiger partial charge < -0.3 is 15.2 Å². The molecule has 4 heteroatoms. The smallest absolute Gasteiger partial charge is 0.220 e. The van der Waals surface area contributed by atoms with E-state index in [1.54, 1.807) is 20.4 Å². The van der Waals surface area contributed by atoms with E-state index < -0.39 is 0 Å². The van der Waals surface area contributed by atoms with Crippen molar-refractivity contribution >= 4 is 0 Å². The topological polar surface area (TPSA) is 57.4 Å². The zero-order valence-electron chi connectivity index (χ0n) is 10.5. The van der Waals surface area contributed by atoms with Crippen LogP contribution in [0.3, 0.4) is 0 Å². The summed E-state index contributed by atoms with van der Waals surface area (Å²) in [5, 5.41) is 0. The van der Waals surface area contributed by atoms with E-state index in [0.29, 0.717) is 12.4 Å². The molecule has 1 heterocycles. The van der Waals surface area contributed by atoms with E-state index in [2.05, 4.69) is 4.98 Å². The third-order valence-electron chi connectivity index (χ3n) is 3.76. The maximum Gasteiger partial charge on any atom is 0.220 e. The summed E-state index contributed by atoms with van der Waals surface area (Å²) < 4.78 is 10.8. The first kappa shape index (κ1) is 12.2. The average molecular weight is 236 g/mol. The number of aromatic nitrogens is 1. The Balaban J connectivity index is 2.47. The highest BCUT2D eigenvalue weighted by Crippen LogP contribution is 2.51. The Kier molecular flexibility index (Phi) is 3.52. The fourth-order valence-electron chi connectivity index (χ4n) is 2.74. The second-order valence-corrected chi connectivity index (χ2v) is 4.57. The summed E-state index contributed by atoms with van der Waals surface area (Å²) in [5.74, 6) is 1.54. The maximum absolute atomic E-state index is 5.74. The summed E-state index contributed by atoms with van der Waals surface area (Å²) in [5.41, 5.74) is 6.95. The van der Waals surface area contributed by atoms with Gasteiger partial charge in [-0.2, -0.15) is 0 Å². The number of hydrogen-bond donors (Lipinski definition) is 1. The first-order chi connectivity index (χ1) is 8.27. The zero-order valence-corrected chi connectivity index (χ0v) is 10.5. The minimum absolute atomic E-state index is 0.111. The van der Waals surface area contributed by atoms with Crippen molar-refractivity contribution in [3.05, 3.63) is 17.8 Å². The van der Waals surface area contributed by atoms with Crippen LogP contribution in [0.15, 0.2) is 12.3 Å². The van der Waals surface area contributed by atoms with Gasteiger partial charge in [-0.25, -0.2) is 4.98 Å². The fourth-order valence-corrected chi connectivity index (χ4v) is 2.74. The third-order valence-corrected chi connectivity index (χ3v) is 3.76. The number of nitrogens with zero attached hydrogens (tertiary/aromatic N) is 1. The van der Waals surface area contributed by atoms with Crippen LogP contribution in [0.1, 0.15) is 31.2 Å². The molecule has 0 amide bonds. The highest BCUT2D eigenvalue weighted by atomic mass is 16.5. The molecule has 0 bridgehead atoms. The van der Waals surface area contributed by atoms with E-state index in [-0.39, 0.29) is 5.41 Å². The van der Waals surface area contributed by atoms with E-state index in [1.807, 2.05) is 6.07 Å². The normalized spacial score (nSPS) is 17.4. The van der Waals surface area contributed by atoms with Gasteiger partial charge in [0.2, 0.25) is 5.88 Å². The van der Waals surface area contributed by atoms with E-state index in [4.69, 9.17) is 15.2 Å². The van der Waals surface area contributed by atoms with Gasteiger partial charge >= 0.3 is 0 Å². The van der Waals surface area contributed by atoms with Gasteiger partial charge in [-0.1, -0.05) is 6.42 Å². The third kappa shape index (κ3) is 1.97. The summed E-state index contributed by atoms with van der Waals surface area (Å²) >= 11 is 0. The van der Waals surface area contributed by atoms with E-state index in [1.165, 1.54) is 6.42 Å². The molecule has 1 aliphatic carbocycles. The number of hydrogen-bond acceptors (Lipinski definition) is 4. The molecule has 0 radical (unpaired) electrons. The van der Waals surface area contributed by atoms with Gasteiger partial charge in [0, 0.05) is 11.6 Å². The first-order valence-electron chi connectivity index (χ1n) is 6.05. The van der Waals surface area contributed by atoms with Crippen LogP contribution >= 0.6 is 0 Å². The van der Waals surface area contributed by atoms with E-state index in [0.717, 1.165) is 30.6 Å². The lowest BCUT2D eigenvalue weighted by molar-refractivity contribution is 0.211. The molecule has 1 aromatic rings.